The molecular formula is C13H16F4O5. The van der Waals surface area contributed by atoms with Crippen molar-refractivity contribution >= 4 is 11.9 Å². The molecule has 0 amide bonds. The van der Waals surface area contributed by atoms with E-state index in [-0.39, 0.29) is 11.1 Å². The van der Waals surface area contributed by atoms with Gasteiger partial charge in [-0.15, -0.1) is 0 Å². The highest BCUT2D eigenvalue weighted by Gasteiger charge is 2.43. The van der Waals surface area contributed by atoms with E-state index in [0.29, 0.717) is 0 Å². The van der Waals surface area contributed by atoms with Gasteiger partial charge in [0.15, 0.2) is 6.10 Å². The third-order valence-corrected chi connectivity index (χ3v) is 2.09. The van der Waals surface area contributed by atoms with Crippen molar-refractivity contribution in [1.82, 2.24) is 0 Å². The summed E-state index contributed by atoms with van der Waals surface area (Å²) in [5.41, 5.74) is -0.0411. The van der Waals surface area contributed by atoms with Crippen molar-refractivity contribution in [3.63, 3.8) is 0 Å². The summed E-state index contributed by atoms with van der Waals surface area (Å²) in [6, 6.07) is 0. The van der Waals surface area contributed by atoms with Gasteiger partial charge in [-0.3, -0.25) is 0 Å². The Morgan fingerprint density at radius 2 is 1.55 bits per heavy atom. The fourth-order valence-electron chi connectivity index (χ4n) is 0.927. The molecule has 0 N–H and O–H groups in total. The van der Waals surface area contributed by atoms with E-state index in [0.717, 1.165) is 0 Å². The second-order valence-electron chi connectivity index (χ2n) is 4.36. The molecule has 9 heteroatoms. The Bertz CT molecular complexity index is 448. The van der Waals surface area contributed by atoms with Gasteiger partial charge in [0, 0.05) is 11.1 Å². The average molecular weight is 328 g/mol. The van der Waals surface area contributed by atoms with E-state index < -0.39 is 43.8 Å². The largest absolute Gasteiger partial charge is 0.458 e. The lowest BCUT2D eigenvalue weighted by Gasteiger charge is -2.21. The Balaban J connectivity index is 4.72. The van der Waals surface area contributed by atoms with E-state index >= 15 is 0 Å². The monoisotopic (exact) mass is 328 g/mol. The van der Waals surface area contributed by atoms with Crippen LogP contribution in [0.3, 0.4) is 0 Å². The molecule has 0 aromatic carbocycles. The second kappa shape index (κ2) is 8.52. The number of hydrogen-bond donors (Lipinski definition) is 0. The lowest BCUT2D eigenvalue weighted by Crippen LogP contribution is -2.37. The van der Waals surface area contributed by atoms with Gasteiger partial charge in [0.2, 0.25) is 0 Å². The molecule has 0 fully saturated rings. The molecule has 1 atom stereocenters. The van der Waals surface area contributed by atoms with Crippen molar-refractivity contribution in [2.45, 2.75) is 32.5 Å². The molecule has 0 aromatic rings. The van der Waals surface area contributed by atoms with Crippen LogP contribution in [-0.2, 0) is 23.8 Å². The molecule has 0 aromatic heterocycles. The van der Waals surface area contributed by atoms with Crippen molar-refractivity contribution in [3.05, 3.63) is 24.3 Å². The van der Waals surface area contributed by atoms with E-state index in [9.17, 15) is 27.2 Å². The zero-order valence-corrected chi connectivity index (χ0v) is 12.0. The third-order valence-electron chi connectivity index (χ3n) is 2.09. The van der Waals surface area contributed by atoms with Crippen LogP contribution in [0.2, 0.25) is 0 Å². The number of rotatable bonds is 9. The van der Waals surface area contributed by atoms with Gasteiger partial charge in [-0.1, -0.05) is 13.2 Å². The van der Waals surface area contributed by atoms with Crippen LogP contribution in [0, 0.1) is 0 Å². The molecule has 0 bridgehead atoms. The summed E-state index contributed by atoms with van der Waals surface area (Å²) < 4.78 is 62.3. The lowest BCUT2D eigenvalue weighted by atomic mass is 10.3. The van der Waals surface area contributed by atoms with Crippen molar-refractivity contribution in [2.24, 2.45) is 0 Å². The Kier molecular flexibility index (Phi) is 7.78. The maximum Gasteiger partial charge on any atom is 0.416 e. The molecule has 22 heavy (non-hydrogen) atoms. The zero-order valence-electron chi connectivity index (χ0n) is 12.0. The quantitative estimate of drug-likeness (QED) is 0.370. The standard InChI is InChI=1S/C13H16F4O5/c1-7(2)10(18)20-5-9(22-11(19)8(3)4)6-21-13(16,17)12(14)15/h9,12H,1,3,5-6H2,2,4H3. The number of hydrogen-bond acceptors (Lipinski definition) is 5. The first-order chi connectivity index (χ1) is 9.97. The van der Waals surface area contributed by atoms with E-state index in [4.69, 9.17) is 0 Å². The minimum absolute atomic E-state index is 0.0174. The fourth-order valence-corrected chi connectivity index (χ4v) is 0.927. The minimum Gasteiger partial charge on any atom is -0.458 e. The summed E-state index contributed by atoms with van der Waals surface area (Å²) in [6.45, 7) is 7.40. The third kappa shape index (κ3) is 7.21. The van der Waals surface area contributed by atoms with Gasteiger partial charge in [0.25, 0.3) is 0 Å². The smallest absolute Gasteiger partial charge is 0.416 e. The molecule has 0 aliphatic rings. The Morgan fingerprint density at radius 1 is 1.05 bits per heavy atom. The number of alkyl halides is 4. The Hall–Kier alpha value is -1.90. The van der Waals surface area contributed by atoms with Gasteiger partial charge in [0.1, 0.15) is 6.61 Å². The summed E-state index contributed by atoms with van der Waals surface area (Å²) in [4.78, 5) is 22.5. The normalized spacial score (nSPS) is 12.7. The predicted octanol–water partition coefficient (Wildman–Crippen LogP) is 2.47. The number of carbonyl (C=O) groups is 2. The minimum atomic E-state index is -4.72. The van der Waals surface area contributed by atoms with Crippen LogP contribution in [0.4, 0.5) is 17.6 Å². The molecule has 0 heterocycles. The predicted molar refractivity (Wildman–Crippen MR) is 67.4 cm³/mol. The lowest BCUT2D eigenvalue weighted by molar-refractivity contribution is -0.307. The van der Waals surface area contributed by atoms with Crippen molar-refractivity contribution in [3.8, 4) is 0 Å². The van der Waals surface area contributed by atoms with Gasteiger partial charge >= 0.3 is 24.5 Å². The first kappa shape index (κ1) is 20.1. The number of halogens is 4. The van der Waals surface area contributed by atoms with Gasteiger partial charge in [0.05, 0.1) is 6.61 Å². The van der Waals surface area contributed by atoms with Gasteiger partial charge in [-0.2, -0.15) is 8.78 Å². The molecule has 5 nitrogen and oxygen atoms in total. The molecular weight excluding hydrogens is 312 g/mol. The topological polar surface area (TPSA) is 61.8 Å². The zero-order chi connectivity index (χ0) is 17.5. The number of ether oxygens (including phenoxy) is 3. The molecule has 1 unspecified atom stereocenters. The highest BCUT2D eigenvalue weighted by Crippen LogP contribution is 2.24. The summed E-state index contributed by atoms with van der Waals surface area (Å²) >= 11 is 0. The van der Waals surface area contributed by atoms with Gasteiger partial charge < -0.3 is 14.2 Å². The molecule has 0 aliphatic heterocycles. The van der Waals surface area contributed by atoms with Crippen LogP contribution in [0.25, 0.3) is 0 Å². The maximum absolute atomic E-state index is 12.7. The van der Waals surface area contributed by atoms with Crippen LogP contribution in [-0.4, -0.2) is 43.8 Å². The van der Waals surface area contributed by atoms with E-state index in [1.807, 2.05) is 0 Å². The Labute approximate surface area is 124 Å². The first-order valence-electron chi connectivity index (χ1n) is 5.96. The molecule has 0 radical (unpaired) electrons. The van der Waals surface area contributed by atoms with Gasteiger partial charge in [-0.25, -0.2) is 18.4 Å². The van der Waals surface area contributed by atoms with Crippen molar-refractivity contribution < 1.29 is 41.4 Å². The first-order valence-corrected chi connectivity index (χ1v) is 5.96. The summed E-state index contributed by atoms with van der Waals surface area (Å²) in [5.74, 6) is -1.84. The van der Waals surface area contributed by atoms with Crippen LogP contribution >= 0.6 is 0 Å². The highest BCUT2D eigenvalue weighted by molar-refractivity contribution is 5.87. The fraction of sp³-hybridized carbons (Fsp3) is 0.538. The molecule has 0 spiro atoms. The molecule has 0 rings (SSSR count). The maximum atomic E-state index is 12.7. The SMILES string of the molecule is C=C(C)C(=O)OCC(COC(F)(F)C(F)F)OC(=O)C(=C)C. The van der Waals surface area contributed by atoms with E-state index in [1.165, 1.54) is 13.8 Å². The average Bonchev–Trinajstić information content (AvgIpc) is 2.40. The summed E-state index contributed by atoms with van der Waals surface area (Å²) in [7, 11) is 0. The molecule has 0 saturated heterocycles. The molecule has 0 aliphatic carbocycles. The Morgan fingerprint density at radius 3 is 1.95 bits per heavy atom. The van der Waals surface area contributed by atoms with Crippen LogP contribution in [0.15, 0.2) is 24.3 Å². The van der Waals surface area contributed by atoms with Crippen molar-refractivity contribution in [2.75, 3.05) is 13.2 Å². The summed E-state index contributed by atoms with van der Waals surface area (Å²) in [6.07, 6.45) is -10.3. The van der Waals surface area contributed by atoms with Crippen LogP contribution < -0.4 is 0 Å². The number of esters is 2. The highest BCUT2D eigenvalue weighted by atomic mass is 19.3. The molecule has 126 valence electrons. The summed E-state index contributed by atoms with van der Waals surface area (Å²) in [5, 5.41) is 0. The van der Waals surface area contributed by atoms with E-state index in [2.05, 4.69) is 27.4 Å². The van der Waals surface area contributed by atoms with Crippen molar-refractivity contribution in [1.29, 1.82) is 0 Å². The second-order valence-corrected chi connectivity index (χ2v) is 4.36. The number of carbonyl (C=O) groups excluding carboxylic acids is 2. The molecule has 0 saturated carbocycles. The van der Waals surface area contributed by atoms with Gasteiger partial charge in [-0.05, 0) is 13.8 Å². The van der Waals surface area contributed by atoms with Crippen LogP contribution in [0.5, 0.6) is 0 Å². The van der Waals surface area contributed by atoms with Crippen LogP contribution in [0.1, 0.15) is 13.8 Å². The van der Waals surface area contributed by atoms with E-state index in [1.54, 1.807) is 0 Å².